The van der Waals surface area contributed by atoms with Gasteiger partial charge in [0.05, 0.1) is 22.4 Å². The number of pyridine rings is 1. The number of carbonyl (C=O) groups excluding carboxylic acids is 1. The number of hydrogen-bond donors (Lipinski definition) is 2. The normalized spacial score (nSPS) is 11.7. The Bertz CT molecular complexity index is 691. The van der Waals surface area contributed by atoms with Crippen LogP contribution in [0.3, 0.4) is 0 Å². The molecule has 4 nitrogen and oxygen atoms in total. The minimum atomic E-state index is -0.842. The number of aromatic nitrogens is 1. The molecule has 0 aliphatic carbocycles. The number of rotatable bonds is 5. The maximum absolute atomic E-state index is 12.4. The summed E-state index contributed by atoms with van der Waals surface area (Å²) in [5, 5.41) is 14.0. The summed E-state index contributed by atoms with van der Waals surface area (Å²) in [5.74, 6) is -0.187. The lowest BCUT2D eigenvalue weighted by molar-refractivity contribution is 0.0314. The zero-order valence-electron chi connectivity index (χ0n) is 13.7. The number of aryl methyl sites for hydroxylation is 2. The summed E-state index contributed by atoms with van der Waals surface area (Å²) in [7, 11) is 0. The van der Waals surface area contributed by atoms with E-state index in [0.29, 0.717) is 24.1 Å². The summed E-state index contributed by atoms with van der Waals surface area (Å²) in [6, 6.07) is 7.86. The number of benzene rings is 1. The third-order valence-corrected chi connectivity index (χ3v) is 4.30. The second kappa shape index (κ2) is 6.44. The molecule has 1 aromatic carbocycles. The molecule has 1 amide bonds. The Labute approximate surface area is 131 Å². The predicted octanol–water partition coefficient (Wildman–Crippen LogP) is 3.13. The molecule has 0 atom stereocenters. The average molecular weight is 300 g/mol. The van der Waals surface area contributed by atoms with E-state index in [9.17, 15) is 9.90 Å². The molecule has 22 heavy (non-hydrogen) atoms. The lowest BCUT2D eigenvalue weighted by Crippen LogP contribution is -2.42. The van der Waals surface area contributed by atoms with E-state index in [1.807, 2.05) is 52.0 Å². The van der Waals surface area contributed by atoms with E-state index >= 15 is 0 Å². The van der Waals surface area contributed by atoms with Crippen molar-refractivity contribution in [3.8, 4) is 0 Å². The van der Waals surface area contributed by atoms with Crippen molar-refractivity contribution in [3.63, 3.8) is 0 Å². The molecule has 2 N–H and O–H groups in total. The van der Waals surface area contributed by atoms with Gasteiger partial charge in [0.1, 0.15) is 0 Å². The predicted molar refractivity (Wildman–Crippen MR) is 89.1 cm³/mol. The van der Waals surface area contributed by atoms with Gasteiger partial charge >= 0.3 is 0 Å². The highest BCUT2D eigenvalue weighted by Crippen LogP contribution is 2.19. The minimum absolute atomic E-state index is 0.187. The molecule has 0 saturated carbocycles. The molecular formula is C18H24N2O2. The van der Waals surface area contributed by atoms with E-state index in [0.717, 1.165) is 16.5 Å². The minimum Gasteiger partial charge on any atom is -0.388 e. The van der Waals surface area contributed by atoms with Crippen LogP contribution >= 0.6 is 0 Å². The van der Waals surface area contributed by atoms with Crippen molar-refractivity contribution in [3.05, 3.63) is 41.1 Å². The molecule has 2 aromatic rings. The van der Waals surface area contributed by atoms with Gasteiger partial charge < -0.3 is 10.4 Å². The Morgan fingerprint density at radius 1 is 1.23 bits per heavy atom. The Morgan fingerprint density at radius 3 is 2.55 bits per heavy atom. The Morgan fingerprint density at radius 2 is 1.91 bits per heavy atom. The van der Waals surface area contributed by atoms with Crippen molar-refractivity contribution < 1.29 is 9.90 Å². The van der Waals surface area contributed by atoms with Crippen LogP contribution in [-0.4, -0.2) is 28.1 Å². The van der Waals surface area contributed by atoms with Gasteiger partial charge in [0, 0.05) is 11.9 Å². The molecule has 118 valence electrons. The molecule has 0 aliphatic heterocycles. The third-order valence-electron chi connectivity index (χ3n) is 4.30. The summed E-state index contributed by atoms with van der Waals surface area (Å²) in [6.45, 7) is 7.95. The van der Waals surface area contributed by atoms with Crippen LogP contribution in [-0.2, 0) is 0 Å². The van der Waals surface area contributed by atoms with Crippen LogP contribution in [0.4, 0.5) is 0 Å². The second-order valence-corrected chi connectivity index (χ2v) is 5.93. The van der Waals surface area contributed by atoms with Gasteiger partial charge in [-0.2, -0.15) is 0 Å². The fourth-order valence-corrected chi connectivity index (χ4v) is 2.44. The standard InChI is InChI=1S/C18H24N2O2/c1-5-18(22,6-2)11-19-17(21)15-10-14-8-7-12(3)9-16(14)20-13(15)4/h7-10,22H,5-6,11H2,1-4H3,(H,19,21). The summed E-state index contributed by atoms with van der Waals surface area (Å²) < 4.78 is 0. The number of hydrogen-bond acceptors (Lipinski definition) is 3. The molecule has 1 heterocycles. The molecule has 0 unspecified atom stereocenters. The summed E-state index contributed by atoms with van der Waals surface area (Å²) in [6.07, 6.45) is 1.22. The first-order chi connectivity index (χ1) is 10.4. The van der Waals surface area contributed by atoms with Gasteiger partial charge in [-0.15, -0.1) is 0 Å². The van der Waals surface area contributed by atoms with Crippen LogP contribution in [0.15, 0.2) is 24.3 Å². The quantitative estimate of drug-likeness (QED) is 0.891. The molecule has 0 radical (unpaired) electrons. The van der Waals surface area contributed by atoms with Crippen LogP contribution in [0.2, 0.25) is 0 Å². The van der Waals surface area contributed by atoms with E-state index in [2.05, 4.69) is 10.3 Å². The lowest BCUT2D eigenvalue weighted by Gasteiger charge is -2.25. The zero-order chi connectivity index (χ0) is 16.3. The number of nitrogens with zero attached hydrogens (tertiary/aromatic N) is 1. The fourth-order valence-electron chi connectivity index (χ4n) is 2.44. The van der Waals surface area contributed by atoms with Gasteiger partial charge in [-0.05, 0) is 44.4 Å². The number of nitrogens with one attached hydrogen (secondary N) is 1. The molecule has 0 spiro atoms. The first-order valence-electron chi connectivity index (χ1n) is 7.77. The van der Waals surface area contributed by atoms with Crippen molar-refractivity contribution in [2.75, 3.05) is 6.54 Å². The average Bonchev–Trinajstić information content (AvgIpc) is 2.51. The molecular weight excluding hydrogens is 276 g/mol. The first-order valence-corrected chi connectivity index (χ1v) is 7.77. The molecule has 0 bridgehead atoms. The molecule has 1 aromatic heterocycles. The number of carbonyl (C=O) groups is 1. The number of aliphatic hydroxyl groups is 1. The van der Waals surface area contributed by atoms with Crippen LogP contribution < -0.4 is 5.32 Å². The molecule has 0 aliphatic rings. The van der Waals surface area contributed by atoms with E-state index in [4.69, 9.17) is 0 Å². The zero-order valence-corrected chi connectivity index (χ0v) is 13.7. The highest BCUT2D eigenvalue weighted by Gasteiger charge is 2.23. The van der Waals surface area contributed by atoms with Gasteiger partial charge in [-0.25, -0.2) is 0 Å². The van der Waals surface area contributed by atoms with Crippen LogP contribution in [0, 0.1) is 13.8 Å². The van der Waals surface area contributed by atoms with Crippen LogP contribution in [0.5, 0.6) is 0 Å². The highest BCUT2D eigenvalue weighted by atomic mass is 16.3. The molecule has 0 fully saturated rings. The summed E-state index contributed by atoms with van der Waals surface area (Å²) in [5.41, 5.74) is 2.46. The van der Waals surface area contributed by atoms with Gasteiger partial charge in [0.15, 0.2) is 0 Å². The molecule has 2 rings (SSSR count). The van der Waals surface area contributed by atoms with Crippen LogP contribution in [0.25, 0.3) is 10.9 Å². The van der Waals surface area contributed by atoms with E-state index < -0.39 is 5.60 Å². The second-order valence-electron chi connectivity index (χ2n) is 5.93. The number of fused-ring (bicyclic) bond motifs is 1. The van der Waals surface area contributed by atoms with E-state index in [1.54, 1.807) is 0 Å². The van der Waals surface area contributed by atoms with E-state index in [-0.39, 0.29) is 12.5 Å². The molecule has 4 heteroatoms. The Kier molecular flexibility index (Phi) is 4.81. The maximum Gasteiger partial charge on any atom is 0.253 e. The topological polar surface area (TPSA) is 62.2 Å². The van der Waals surface area contributed by atoms with Crippen molar-refractivity contribution in [1.29, 1.82) is 0 Å². The van der Waals surface area contributed by atoms with Crippen molar-refractivity contribution >= 4 is 16.8 Å². The summed E-state index contributed by atoms with van der Waals surface area (Å²) in [4.78, 5) is 16.9. The van der Waals surface area contributed by atoms with Gasteiger partial charge in [0.25, 0.3) is 5.91 Å². The fraction of sp³-hybridized carbons (Fsp3) is 0.444. The Hall–Kier alpha value is -1.94. The SMILES string of the molecule is CCC(O)(CC)CNC(=O)c1cc2ccc(C)cc2nc1C. The lowest BCUT2D eigenvalue weighted by atomic mass is 9.97. The van der Waals surface area contributed by atoms with Crippen LogP contribution in [0.1, 0.15) is 48.3 Å². The van der Waals surface area contributed by atoms with Gasteiger partial charge in [0.2, 0.25) is 0 Å². The monoisotopic (exact) mass is 300 g/mol. The third kappa shape index (κ3) is 3.45. The first kappa shape index (κ1) is 16.4. The Balaban J connectivity index is 2.24. The van der Waals surface area contributed by atoms with E-state index in [1.165, 1.54) is 0 Å². The van der Waals surface area contributed by atoms with Crippen molar-refractivity contribution in [2.45, 2.75) is 46.1 Å². The van der Waals surface area contributed by atoms with Crippen molar-refractivity contribution in [1.82, 2.24) is 10.3 Å². The molecule has 0 saturated heterocycles. The smallest absolute Gasteiger partial charge is 0.253 e. The van der Waals surface area contributed by atoms with Crippen molar-refractivity contribution in [2.24, 2.45) is 0 Å². The summed E-state index contributed by atoms with van der Waals surface area (Å²) >= 11 is 0. The van der Waals surface area contributed by atoms with Gasteiger partial charge in [-0.1, -0.05) is 26.0 Å². The maximum atomic E-state index is 12.4. The number of amides is 1. The van der Waals surface area contributed by atoms with Gasteiger partial charge in [-0.3, -0.25) is 9.78 Å². The highest BCUT2D eigenvalue weighted by molar-refractivity contribution is 5.98. The largest absolute Gasteiger partial charge is 0.388 e.